The van der Waals surface area contributed by atoms with Crippen molar-refractivity contribution in [1.29, 1.82) is 0 Å². The van der Waals surface area contributed by atoms with E-state index in [4.69, 9.17) is 0 Å². The molecule has 2 atom stereocenters. The molecule has 10 heavy (non-hydrogen) atoms. The number of likely N-dealkylation sites (N-methyl/N-ethyl adjacent to an activating group) is 2. The van der Waals surface area contributed by atoms with Gasteiger partial charge in [-0.15, -0.1) is 0 Å². The van der Waals surface area contributed by atoms with Crippen LogP contribution in [-0.2, 0) is 0 Å². The van der Waals surface area contributed by atoms with Gasteiger partial charge in [-0.3, -0.25) is 0 Å². The fraction of sp³-hybridized carbons (Fsp3) is 0.875. The Morgan fingerprint density at radius 1 is 1.70 bits per heavy atom. The summed E-state index contributed by atoms with van der Waals surface area (Å²) in [5.74, 6) is 1.50. The average molecular weight is 142 g/mol. The average Bonchev–Trinajstić information content (AvgIpc) is 2.09. The minimum Gasteiger partial charge on any atom is -0.244 e. The van der Waals surface area contributed by atoms with Crippen LogP contribution in [0.15, 0.2) is 0 Å². The molecule has 0 saturated carbocycles. The van der Waals surface area contributed by atoms with Gasteiger partial charge >= 0.3 is 5.84 Å². The molecule has 0 aliphatic carbocycles. The molecule has 2 nitrogen and oxygen atoms in total. The second-order valence-electron chi connectivity index (χ2n) is 3.25. The standard InChI is InChI=1S/C8H17N2/c1-5-10-7(2)6-9(4)8(10)3/h7H,5-6H2,1-4H3/q+1/p+1. The Kier molecular flexibility index (Phi) is 2.09. The van der Waals surface area contributed by atoms with Gasteiger partial charge in [0.25, 0.3) is 0 Å². The highest BCUT2D eigenvalue weighted by Crippen LogP contribution is 1.85. The Bertz CT molecular complexity index is 161. The third kappa shape index (κ3) is 1.08. The molecule has 0 amide bonds. The van der Waals surface area contributed by atoms with Crippen LogP contribution in [-0.4, -0.2) is 36.6 Å². The van der Waals surface area contributed by atoms with Crippen molar-refractivity contribution in [3.8, 4) is 0 Å². The van der Waals surface area contributed by atoms with Gasteiger partial charge in [-0.2, -0.15) is 4.58 Å². The smallest absolute Gasteiger partial charge is 0.244 e. The monoisotopic (exact) mass is 142 g/mol. The van der Waals surface area contributed by atoms with Gasteiger partial charge in [-0.25, -0.2) is 4.90 Å². The Morgan fingerprint density at radius 3 is 2.50 bits per heavy atom. The van der Waals surface area contributed by atoms with E-state index in [9.17, 15) is 0 Å². The van der Waals surface area contributed by atoms with Gasteiger partial charge in [-0.05, 0) is 13.8 Å². The summed E-state index contributed by atoms with van der Waals surface area (Å²) in [5.41, 5.74) is 0. The number of hydrogen-bond acceptors (Lipinski definition) is 0. The zero-order valence-electron chi connectivity index (χ0n) is 7.44. The lowest BCUT2D eigenvalue weighted by Gasteiger charge is -2.09. The molecule has 1 rings (SSSR count). The molecule has 0 aromatic carbocycles. The lowest BCUT2D eigenvalue weighted by atomic mass is 10.3. The van der Waals surface area contributed by atoms with Crippen molar-refractivity contribution in [2.45, 2.75) is 26.8 Å². The van der Waals surface area contributed by atoms with Crippen LogP contribution in [0.4, 0.5) is 0 Å². The predicted molar refractivity (Wildman–Crippen MR) is 42.7 cm³/mol. The summed E-state index contributed by atoms with van der Waals surface area (Å²) in [6.07, 6.45) is 0. The number of quaternary nitrogens is 1. The first-order chi connectivity index (χ1) is 4.66. The molecule has 0 bridgehead atoms. The van der Waals surface area contributed by atoms with E-state index in [-0.39, 0.29) is 0 Å². The molecule has 0 fully saturated rings. The van der Waals surface area contributed by atoms with Crippen molar-refractivity contribution in [3.05, 3.63) is 0 Å². The van der Waals surface area contributed by atoms with Crippen LogP contribution in [0, 0.1) is 0 Å². The lowest BCUT2D eigenvalue weighted by Crippen LogP contribution is -3.16. The molecule has 2 unspecified atom stereocenters. The second kappa shape index (κ2) is 2.70. The van der Waals surface area contributed by atoms with Crippen LogP contribution >= 0.6 is 0 Å². The van der Waals surface area contributed by atoms with Gasteiger partial charge in [0.2, 0.25) is 0 Å². The van der Waals surface area contributed by atoms with Crippen LogP contribution in [0.25, 0.3) is 0 Å². The van der Waals surface area contributed by atoms with Gasteiger partial charge < -0.3 is 0 Å². The Morgan fingerprint density at radius 2 is 2.30 bits per heavy atom. The summed E-state index contributed by atoms with van der Waals surface area (Å²) < 4.78 is 2.35. The predicted octanol–water partition coefficient (Wildman–Crippen LogP) is -0.646. The summed E-state index contributed by atoms with van der Waals surface area (Å²) >= 11 is 0. The highest BCUT2D eigenvalue weighted by Gasteiger charge is 2.34. The van der Waals surface area contributed by atoms with Crippen molar-refractivity contribution >= 4 is 5.84 Å². The molecule has 0 aromatic heterocycles. The summed E-state index contributed by atoms with van der Waals surface area (Å²) in [5, 5.41) is 0. The zero-order valence-corrected chi connectivity index (χ0v) is 7.44. The molecule has 1 N–H and O–H groups in total. The maximum Gasteiger partial charge on any atom is 0.333 e. The van der Waals surface area contributed by atoms with Gasteiger partial charge in [0.15, 0.2) is 12.6 Å². The first-order valence-electron chi connectivity index (χ1n) is 4.07. The Labute approximate surface area is 63.2 Å². The molecular weight excluding hydrogens is 124 g/mol. The molecule has 0 aromatic rings. The molecular formula is C8H18N2+2. The molecule has 58 valence electrons. The van der Waals surface area contributed by atoms with Crippen LogP contribution < -0.4 is 4.90 Å². The molecule has 1 aliphatic heterocycles. The third-order valence-corrected chi connectivity index (χ3v) is 2.56. The minimum atomic E-state index is 0.787. The van der Waals surface area contributed by atoms with Crippen molar-refractivity contribution in [2.24, 2.45) is 0 Å². The molecule has 2 heteroatoms. The molecule has 1 heterocycles. The Balaban J connectivity index is 2.72. The molecule has 0 radical (unpaired) electrons. The SMILES string of the molecule is CC[NH+]1C(C)=[N+](C)CC1C. The maximum atomic E-state index is 2.35. The van der Waals surface area contributed by atoms with Crippen molar-refractivity contribution in [2.75, 3.05) is 20.1 Å². The van der Waals surface area contributed by atoms with E-state index < -0.39 is 0 Å². The third-order valence-electron chi connectivity index (χ3n) is 2.56. The fourth-order valence-electron chi connectivity index (χ4n) is 1.86. The van der Waals surface area contributed by atoms with Gasteiger partial charge in [0.1, 0.15) is 7.05 Å². The van der Waals surface area contributed by atoms with E-state index in [0.29, 0.717) is 0 Å². The number of hydrogen-bond donors (Lipinski definition) is 1. The molecule has 1 aliphatic rings. The number of nitrogens with zero attached hydrogens (tertiary/aromatic N) is 1. The van der Waals surface area contributed by atoms with E-state index in [1.165, 1.54) is 18.9 Å². The lowest BCUT2D eigenvalue weighted by molar-refractivity contribution is -0.824. The number of amidine groups is 1. The summed E-state index contributed by atoms with van der Waals surface area (Å²) in [6.45, 7) is 9.22. The minimum absolute atomic E-state index is 0.787. The topological polar surface area (TPSA) is 7.45 Å². The quantitative estimate of drug-likeness (QED) is 0.465. The normalized spacial score (nSPS) is 33.6. The number of rotatable bonds is 1. The first-order valence-corrected chi connectivity index (χ1v) is 4.07. The van der Waals surface area contributed by atoms with E-state index in [0.717, 1.165) is 6.04 Å². The van der Waals surface area contributed by atoms with E-state index in [1.807, 2.05) is 0 Å². The van der Waals surface area contributed by atoms with Crippen LogP contribution in [0.2, 0.25) is 0 Å². The zero-order chi connectivity index (χ0) is 7.72. The highest BCUT2D eigenvalue weighted by molar-refractivity contribution is 5.65. The summed E-state index contributed by atoms with van der Waals surface area (Å²) in [6, 6.07) is 0.787. The molecule has 0 saturated heterocycles. The van der Waals surface area contributed by atoms with Gasteiger partial charge in [0, 0.05) is 0 Å². The summed E-state index contributed by atoms with van der Waals surface area (Å²) in [4.78, 5) is 1.64. The Hall–Kier alpha value is -0.370. The van der Waals surface area contributed by atoms with E-state index >= 15 is 0 Å². The van der Waals surface area contributed by atoms with Gasteiger partial charge in [0.05, 0.1) is 13.5 Å². The molecule has 0 spiro atoms. The van der Waals surface area contributed by atoms with E-state index in [1.54, 1.807) is 4.90 Å². The van der Waals surface area contributed by atoms with Crippen LogP contribution in [0.1, 0.15) is 20.8 Å². The van der Waals surface area contributed by atoms with E-state index in [2.05, 4.69) is 32.4 Å². The van der Waals surface area contributed by atoms with Crippen LogP contribution in [0.5, 0.6) is 0 Å². The second-order valence-corrected chi connectivity index (χ2v) is 3.25. The van der Waals surface area contributed by atoms with Crippen molar-refractivity contribution in [3.63, 3.8) is 0 Å². The van der Waals surface area contributed by atoms with Crippen molar-refractivity contribution < 1.29 is 9.48 Å². The van der Waals surface area contributed by atoms with Crippen molar-refractivity contribution in [1.82, 2.24) is 0 Å². The van der Waals surface area contributed by atoms with Gasteiger partial charge in [-0.1, -0.05) is 0 Å². The largest absolute Gasteiger partial charge is 0.333 e. The number of nitrogens with one attached hydrogen (secondary N) is 1. The first kappa shape index (κ1) is 7.73. The highest BCUT2D eigenvalue weighted by atomic mass is 15.3. The fourth-order valence-corrected chi connectivity index (χ4v) is 1.86. The summed E-state index contributed by atoms with van der Waals surface area (Å²) in [7, 11) is 2.18. The van der Waals surface area contributed by atoms with Crippen LogP contribution in [0.3, 0.4) is 0 Å². The maximum absolute atomic E-state index is 2.35.